The van der Waals surface area contributed by atoms with E-state index in [4.69, 9.17) is 14.9 Å². The van der Waals surface area contributed by atoms with Crippen LogP contribution in [0.15, 0.2) is 0 Å². The lowest BCUT2D eigenvalue weighted by molar-refractivity contribution is -0.309. The molecule has 11 heteroatoms. The van der Waals surface area contributed by atoms with Gasteiger partial charge in [0.2, 0.25) is 0 Å². The number of aldehydes is 1. The Morgan fingerprint density at radius 1 is 1.04 bits per heavy atom. The molecule has 136 valence electrons. The van der Waals surface area contributed by atoms with Crippen LogP contribution in [0.25, 0.3) is 0 Å². The highest BCUT2D eigenvalue weighted by Gasteiger charge is 2.59. The van der Waals surface area contributed by atoms with Gasteiger partial charge in [-0.05, 0) is 0 Å². The van der Waals surface area contributed by atoms with Crippen molar-refractivity contribution in [3.63, 3.8) is 0 Å². The highest BCUT2D eigenvalue weighted by atomic mass is 16.6. The second kappa shape index (κ2) is 7.90. The number of rotatable bonds is 7. The lowest BCUT2D eigenvalue weighted by Crippen LogP contribution is -2.73. The summed E-state index contributed by atoms with van der Waals surface area (Å²) in [7, 11) is 0. The minimum Gasteiger partial charge on any atom is -0.394 e. The molecule has 23 heavy (non-hydrogen) atoms. The molecule has 0 radical (unpaired) electrons. The molecule has 9 N–H and O–H groups in total. The van der Waals surface area contributed by atoms with Crippen molar-refractivity contribution < 1.29 is 55.5 Å². The van der Waals surface area contributed by atoms with Gasteiger partial charge in [0.1, 0.15) is 54.4 Å². The van der Waals surface area contributed by atoms with E-state index in [1.807, 2.05) is 0 Å². The number of hydrogen-bond donors (Lipinski definition) is 9. The Hall–Kier alpha value is -0.730. The summed E-state index contributed by atoms with van der Waals surface area (Å²) in [6.07, 6.45) is -16.3. The van der Waals surface area contributed by atoms with Crippen LogP contribution in [-0.2, 0) is 9.53 Å². The molecule has 1 aliphatic heterocycles. The molecule has 1 fully saturated rings. The van der Waals surface area contributed by atoms with Gasteiger partial charge in [0, 0.05) is 0 Å². The van der Waals surface area contributed by atoms with Gasteiger partial charge in [-0.25, -0.2) is 0 Å². The smallest absolute Gasteiger partial charge is 0.151 e. The van der Waals surface area contributed by atoms with Crippen LogP contribution in [0, 0.1) is 0 Å². The Morgan fingerprint density at radius 3 is 2.04 bits per heavy atom. The van der Waals surface area contributed by atoms with Crippen LogP contribution in [0.2, 0.25) is 0 Å². The summed E-state index contributed by atoms with van der Waals surface area (Å²) in [6.45, 7) is -2.01. The number of aliphatic hydroxyl groups is 9. The fourth-order valence-electron chi connectivity index (χ4n) is 2.53. The first-order chi connectivity index (χ1) is 10.7. The average Bonchev–Trinajstić information content (AvgIpc) is 2.56. The van der Waals surface area contributed by atoms with Gasteiger partial charge in [-0.1, -0.05) is 0 Å². The van der Waals surface area contributed by atoms with Crippen LogP contribution in [0.4, 0.5) is 0 Å². The topological polar surface area (TPSA) is 208 Å². The molecule has 0 aromatic rings. The molecule has 0 spiro atoms. The largest absolute Gasteiger partial charge is 0.394 e. The van der Waals surface area contributed by atoms with E-state index in [0.717, 1.165) is 0 Å². The second-order valence-corrected chi connectivity index (χ2v) is 5.41. The Kier molecular flexibility index (Phi) is 6.97. The van der Waals surface area contributed by atoms with Gasteiger partial charge in [-0.2, -0.15) is 0 Å². The van der Waals surface area contributed by atoms with Gasteiger partial charge >= 0.3 is 0 Å². The van der Waals surface area contributed by atoms with Gasteiger partial charge in [-0.15, -0.1) is 0 Å². The summed E-state index contributed by atoms with van der Waals surface area (Å²) < 4.78 is 5.02. The molecule has 1 aliphatic rings. The van der Waals surface area contributed by atoms with Gasteiger partial charge in [0.15, 0.2) is 6.29 Å². The lowest BCUT2D eigenvalue weighted by Gasteiger charge is -2.49. The number of carbonyl (C=O) groups is 1. The number of aliphatic hydroxyl groups excluding tert-OH is 8. The molecule has 0 aromatic carbocycles. The van der Waals surface area contributed by atoms with E-state index < -0.39 is 67.6 Å². The monoisotopic (exact) mass is 342 g/mol. The van der Waals surface area contributed by atoms with Crippen molar-refractivity contribution in [3.8, 4) is 0 Å². The van der Waals surface area contributed by atoms with Crippen LogP contribution in [-0.4, -0.2) is 120 Å². The van der Waals surface area contributed by atoms with E-state index in [1.54, 1.807) is 0 Å². The summed E-state index contributed by atoms with van der Waals surface area (Å²) in [5.41, 5.74) is -3.00. The fourth-order valence-corrected chi connectivity index (χ4v) is 2.53. The fraction of sp³-hybridized carbons (Fsp3) is 0.917. The van der Waals surface area contributed by atoms with Gasteiger partial charge in [0.05, 0.1) is 13.2 Å². The molecule has 4 unspecified atom stereocenters. The highest BCUT2D eigenvalue weighted by molar-refractivity contribution is 5.57. The third-order valence-corrected chi connectivity index (χ3v) is 3.99. The first-order valence-corrected chi connectivity index (χ1v) is 6.79. The number of hydrogen-bond acceptors (Lipinski definition) is 11. The number of carbonyl (C=O) groups excluding carboxylic acids is 1. The van der Waals surface area contributed by atoms with Crippen molar-refractivity contribution in [1.29, 1.82) is 0 Å². The van der Waals surface area contributed by atoms with Gasteiger partial charge in [0.25, 0.3) is 0 Å². The summed E-state index contributed by atoms with van der Waals surface area (Å²) in [5, 5.41) is 87.1. The van der Waals surface area contributed by atoms with Crippen molar-refractivity contribution >= 4 is 6.29 Å². The van der Waals surface area contributed by atoms with Crippen molar-refractivity contribution in [3.05, 3.63) is 0 Å². The first kappa shape index (κ1) is 20.3. The van der Waals surface area contributed by atoms with Crippen LogP contribution in [0.5, 0.6) is 0 Å². The zero-order chi connectivity index (χ0) is 17.9. The van der Waals surface area contributed by atoms with Crippen LogP contribution in [0.3, 0.4) is 0 Å². The SMILES string of the molecule is O=CC(O)C(O)C(O)(C(O)CO)[C@H]1O[C@H](CO)[C@@H](O)[C@H](O)[C@H]1O. The Balaban J connectivity index is 3.27. The molecule has 1 rings (SSSR count). The van der Waals surface area contributed by atoms with Gasteiger partial charge < -0.3 is 55.5 Å². The van der Waals surface area contributed by atoms with Crippen LogP contribution in [0.1, 0.15) is 0 Å². The zero-order valence-electron chi connectivity index (χ0n) is 12.0. The minimum atomic E-state index is -3.00. The predicted molar refractivity (Wildman–Crippen MR) is 69.9 cm³/mol. The van der Waals surface area contributed by atoms with E-state index in [1.165, 1.54) is 0 Å². The molecular weight excluding hydrogens is 320 g/mol. The third kappa shape index (κ3) is 3.53. The molecule has 0 saturated carbocycles. The molecule has 0 bridgehead atoms. The maximum Gasteiger partial charge on any atom is 0.151 e. The van der Waals surface area contributed by atoms with Crippen molar-refractivity contribution in [2.24, 2.45) is 0 Å². The molecule has 9 atom stereocenters. The summed E-state index contributed by atoms with van der Waals surface area (Å²) in [6, 6.07) is 0. The lowest BCUT2D eigenvalue weighted by atomic mass is 9.76. The predicted octanol–water partition coefficient (Wildman–Crippen LogP) is -6.17. The van der Waals surface area contributed by atoms with E-state index in [2.05, 4.69) is 0 Å². The number of ether oxygens (including phenoxy) is 1. The standard InChI is InChI=1S/C12H22O11/c13-1-4(16)10(21)12(22,6(17)3-15)11-9(20)8(19)7(18)5(2-14)23-11/h1,4-11,14-22H,2-3H2/t4?,5-,6?,7-,8+,9-,10?,11+,12?/m1/s1. The Labute approximate surface area is 130 Å². The summed E-state index contributed by atoms with van der Waals surface area (Å²) >= 11 is 0. The second-order valence-electron chi connectivity index (χ2n) is 5.41. The summed E-state index contributed by atoms with van der Waals surface area (Å²) in [4.78, 5) is 10.6. The minimum absolute atomic E-state index is 0.163. The normalized spacial score (nSPS) is 38.4. The van der Waals surface area contributed by atoms with E-state index in [0.29, 0.717) is 0 Å². The molecule has 1 saturated heterocycles. The molecule has 0 aromatic heterocycles. The zero-order valence-corrected chi connectivity index (χ0v) is 12.0. The maximum absolute atomic E-state index is 10.6. The van der Waals surface area contributed by atoms with Crippen LogP contribution >= 0.6 is 0 Å². The van der Waals surface area contributed by atoms with Gasteiger partial charge in [-0.3, -0.25) is 0 Å². The molecule has 1 heterocycles. The molecule has 0 amide bonds. The highest BCUT2D eigenvalue weighted by Crippen LogP contribution is 2.33. The molecule has 0 aliphatic carbocycles. The van der Waals surface area contributed by atoms with Crippen molar-refractivity contribution in [1.82, 2.24) is 0 Å². The quantitative estimate of drug-likeness (QED) is 0.199. The summed E-state index contributed by atoms with van der Waals surface area (Å²) in [5.74, 6) is 0. The van der Waals surface area contributed by atoms with Crippen molar-refractivity contribution in [2.45, 2.75) is 54.4 Å². The average molecular weight is 342 g/mol. The Bertz CT molecular complexity index is 391. The van der Waals surface area contributed by atoms with E-state index in [-0.39, 0.29) is 6.29 Å². The molecule has 11 nitrogen and oxygen atoms in total. The first-order valence-electron chi connectivity index (χ1n) is 6.79. The Morgan fingerprint density at radius 2 is 1.61 bits per heavy atom. The van der Waals surface area contributed by atoms with E-state index in [9.17, 15) is 40.5 Å². The van der Waals surface area contributed by atoms with Crippen molar-refractivity contribution in [2.75, 3.05) is 13.2 Å². The van der Waals surface area contributed by atoms with E-state index >= 15 is 0 Å². The molecular formula is C12H22O11. The maximum atomic E-state index is 10.6. The van der Waals surface area contributed by atoms with Crippen LogP contribution < -0.4 is 0 Å². The third-order valence-electron chi connectivity index (χ3n) is 3.99.